The molecular weight excluding hydrogens is 446 g/mol. The third-order valence-electron chi connectivity index (χ3n) is 6.35. The molecule has 34 heavy (non-hydrogen) atoms. The molecule has 5 nitrogen and oxygen atoms in total. The normalized spacial score (nSPS) is 17.5. The van der Waals surface area contributed by atoms with Gasteiger partial charge in [0, 0.05) is 42.5 Å². The monoisotopic (exact) mass is 481 g/mol. The summed E-state index contributed by atoms with van der Waals surface area (Å²) in [6, 6.07) is 11.6. The van der Waals surface area contributed by atoms with Gasteiger partial charge in [-0.3, -0.25) is 9.59 Å². The average Bonchev–Trinajstić information content (AvgIpc) is 3.37. The van der Waals surface area contributed by atoms with Gasteiger partial charge in [0.05, 0.1) is 5.41 Å². The predicted molar refractivity (Wildman–Crippen MR) is 142 cm³/mol. The second kappa shape index (κ2) is 11.4. The van der Waals surface area contributed by atoms with Gasteiger partial charge in [0.2, 0.25) is 5.91 Å². The van der Waals surface area contributed by atoms with Crippen LogP contribution in [0.4, 0.5) is 11.4 Å². The molecule has 1 unspecified atom stereocenters. The first-order valence-electron chi connectivity index (χ1n) is 11.7. The third-order valence-corrected chi connectivity index (χ3v) is 6.76. The minimum atomic E-state index is -0.419. The van der Waals surface area contributed by atoms with Crippen molar-refractivity contribution in [3.63, 3.8) is 0 Å². The van der Waals surface area contributed by atoms with Crippen LogP contribution in [-0.2, 0) is 15.0 Å². The van der Waals surface area contributed by atoms with Crippen LogP contribution in [0.15, 0.2) is 36.4 Å². The topological polar surface area (TPSA) is 66.6 Å². The summed E-state index contributed by atoms with van der Waals surface area (Å²) in [5.74, 6) is 5.69. The molecule has 2 aliphatic heterocycles. The van der Waals surface area contributed by atoms with Crippen molar-refractivity contribution in [1.29, 1.82) is 0 Å². The van der Waals surface area contributed by atoms with Gasteiger partial charge in [0.1, 0.15) is 0 Å². The zero-order chi connectivity index (χ0) is 25.6. The molecule has 4 rings (SSSR count). The predicted octanol–water partition coefficient (Wildman–Crippen LogP) is 5.54. The number of hydrogen-bond acceptors (Lipinski definition) is 3. The molecule has 2 N–H and O–H groups in total. The Balaban J connectivity index is 0.000000230. The summed E-state index contributed by atoms with van der Waals surface area (Å²) in [6.07, 6.45) is 0.984. The maximum Gasteiger partial charge on any atom is 0.298 e. The molecule has 0 saturated carbocycles. The fraction of sp³-hybridized carbons (Fsp3) is 0.429. The molecule has 182 valence electrons. The van der Waals surface area contributed by atoms with Crippen LogP contribution in [0.3, 0.4) is 0 Å². The molecule has 0 aromatic heterocycles. The van der Waals surface area contributed by atoms with Gasteiger partial charge in [-0.15, -0.1) is 0 Å². The van der Waals surface area contributed by atoms with Gasteiger partial charge in [-0.25, -0.2) is 0 Å². The van der Waals surface area contributed by atoms with E-state index in [2.05, 4.69) is 17.9 Å². The van der Waals surface area contributed by atoms with Crippen molar-refractivity contribution in [3.05, 3.63) is 58.1 Å². The molecule has 2 aromatic carbocycles. The second-order valence-electron chi connectivity index (χ2n) is 8.83. The van der Waals surface area contributed by atoms with E-state index < -0.39 is 5.41 Å². The zero-order valence-electron chi connectivity index (χ0n) is 21.3. The molecule has 0 radical (unpaired) electrons. The van der Waals surface area contributed by atoms with Crippen molar-refractivity contribution in [1.82, 2.24) is 4.90 Å². The quantitative estimate of drug-likeness (QED) is 0.429. The molecule has 0 aliphatic carbocycles. The van der Waals surface area contributed by atoms with Gasteiger partial charge >= 0.3 is 0 Å². The first kappa shape index (κ1) is 27.3. The number of fused-ring (bicyclic) bond motifs is 1. The lowest BCUT2D eigenvalue weighted by atomic mass is 9.86. The van der Waals surface area contributed by atoms with E-state index in [1.807, 2.05) is 69.9 Å². The molecule has 2 aliphatic rings. The summed E-state index contributed by atoms with van der Waals surface area (Å²) in [5, 5.41) is 0.797. The Hall–Kier alpha value is -2.97. The molecule has 1 saturated heterocycles. The number of nitrogen functional groups attached to an aromatic ring is 1. The summed E-state index contributed by atoms with van der Waals surface area (Å²) in [6.45, 7) is 13.1. The number of carbonyl (C=O) groups excluding carboxylic acids is 2. The largest absolute Gasteiger partial charge is 0.399 e. The number of rotatable bonds is 1. The number of likely N-dealkylation sites (N-methyl/N-ethyl adjacent to an activating group) is 1. The summed E-state index contributed by atoms with van der Waals surface area (Å²) < 4.78 is 0. The van der Waals surface area contributed by atoms with E-state index in [1.165, 1.54) is 5.56 Å². The van der Waals surface area contributed by atoms with Gasteiger partial charge < -0.3 is 15.5 Å². The summed E-state index contributed by atoms with van der Waals surface area (Å²) in [5.41, 5.74) is 10.3. The highest BCUT2D eigenvalue weighted by Gasteiger charge is 2.41. The van der Waals surface area contributed by atoms with E-state index in [4.69, 9.17) is 17.3 Å². The van der Waals surface area contributed by atoms with Gasteiger partial charge in [-0.2, -0.15) is 0 Å². The number of likely N-dealkylation sites (tertiary alicyclic amines) is 1. The molecule has 2 amide bonds. The first-order chi connectivity index (χ1) is 16.1. The fourth-order valence-corrected chi connectivity index (χ4v) is 4.63. The van der Waals surface area contributed by atoms with Crippen molar-refractivity contribution >= 4 is 34.8 Å². The summed E-state index contributed by atoms with van der Waals surface area (Å²) in [7, 11) is 1.79. The van der Waals surface area contributed by atoms with Crippen molar-refractivity contribution in [3.8, 4) is 11.8 Å². The highest BCUT2D eigenvalue weighted by molar-refractivity contribution is 6.31. The Bertz CT molecular complexity index is 1110. The lowest BCUT2D eigenvalue weighted by molar-refractivity contribution is -0.124. The number of hydrogen-bond donors (Lipinski definition) is 1. The number of nitrogens with two attached hydrogens (primary N) is 1. The molecule has 1 atom stereocenters. The lowest BCUT2D eigenvalue weighted by Crippen LogP contribution is -2.33. The molecule has 1 fully saturated rings. The Morgan fingerprint density at radius 1 is 1.21 bits per heavy atom. The zero-order valence-corrected chi connectivity index (χ0v) is 22.1. The number of amides is 2. The molecule has 2 aromatic rings. The molecule has 0 bridgehead atoms. The standard InChI is InChI=1S/C15H16ClNO.C11H14N2O.C2H6/c1-3-5-15(18)17-9-8-12(10-17)13-6-4-7-14(16)11(13)2;1-11(2)8-5-4-7(12)6-9(8)13(3)10(11)14;1-2/h4,6-7,12H,8-10H2,1-2H3;4-6H,12H2,1-3H3;1-2H3. The maximum absolute atomic E-state index is 11.9. The number of benzene rings is 2. The van der Waals surface area contributed by atoms with Gasteiger partial charge in [-0.05, 0) is 74.9 Å². The van der Waals surface area contributed by atoms with Gasteiger partial charge in [0.25, 0.3) is 5.91 Å². The van der Waals surface area contributed by atoms with Crippen molar-refractivity contribution in [2.75, 3.05) is 30.8 Å². The molecular formula is C28H36ClN3O2. The van der Waals surface area contributed by atoms with Crippen molar-refractivity contribution in [2.24, 2.45) is 0 Å². The highest BCUT2D eigenvalue weighted by Crippen LogP contribution is 2.41. The Morgan fingerprint density at radius 2 is 1.88 bits per heavy atom. The number of halogens is 1. The van der Waals surface area contributed by atoms with E-state index >= 15 is 0 Å². The molecule has 2 heterocycles. The Kier molecular flexibility index (Phi) is 9.18. The van der Waals surface area contributed by atoms with Crippen LogP contribution in [0.25, 0.3) is 0 Å². The Labute approximate surface area is 209 Å². The third kappa shape index (κ3) is 5.56. The first-order valence-corrected chi connectivity index (χ1v) is 12.1. The summed E-state index contributed by atoms with van der Waals surface area (Å²) in [4.78, 5) is 27.1. The van der Waals surface area contributed by atoms with Crippen LogP contribution in [0.2, 0.25) is 5.02 Å². The average molecular weight is 482 g/mol. The second-order valence-corrected chi connectivity index (χ2v) is 9.24. The number of nitrogens with zero attached hydrogens (tertiary/aromatic N) is 2. The summed E-state index contributed by atoms with van der Waals surface area (Å²) >= 11 is 6.14. The van der Waals surface area contributed by atoms with E-state index in [1.54, 1.807) is 18.9 Å². The van der Waals surface area contributed by atoms with E-state index in [0.717, 1.165) is 41.3 Å². The Morgan fingerprint density at radius 3 is 2.53 bits per heavy atom. The minimum absolute atomic E-state index is 0.0697. The van der Waals surface area contributed by atoms with Crippen LogP contribution in [0, 0.1) is 18.8 Å². The van der Waals surface area contributed by atoms with E-state index in [0.29, 0.717) is 11.6 Å². The number of carbonyl (C=O) groups is 2. The van der Waals surface area contributed by atoms with Crippen LogP contribution in [0.1, 0.15) is 63.6 Å². The SMILES string of the molecule is CC.CC#CC(=O)N1CCC(c2cccc(Cl)c2C)C1.CN1C(=O)C(C)(C)c2ccc(N)cc21. The van der Waals surface area contributed by atoms with Crippen LogP contribution >= 0.6 is 11.6 Å². The lowest BCUT2D eigenvalue weighted by Gasteiger charge is -2.16. The highest BCUT2D eigenvalue weighted by atomic mass is 35.5. The maximum atomic E-state index is 11.9. The van der Waals surface area contributed by atoms with Crippen LogP contribution in [0.5, 0.6) is 0 Å². The van der Waals surface area contributed by atoms with Crippen molar-refractivity contribution in [2.45, 2.75) is 59.3 Å². The van der Waals surface area contributed by atoms with Gasteiger partial charge in [0.15, 0.2) is 0 Å². The van der Waals surface area contributed by atoms with Gasteiger partial charge in [-0.1, -0.05) is 49.6 Å². The minimum Gasteiger partial charge on any atom is -0.399 e. The fourth-order valence-electron chi connectivity index (χ4n) is 4.45. The van der Waals surface area contributed by atoms with Crippen molar-refractivity contribution < 1.29 is 9.59 Å². The molecule has 0 spiro atoms. The van der Waals surface area contributed by atoms with Crippen LogP contribution in [-0.4, -0.2) is 36.9 Å². The van der Waals surface area contributed by atoms with E-state index in [9.17, 15) is 9.59 Å². The van der Waals surface area contributed by atoms with E-state index in [-0.39, 0.29) is 11.8 Å². The molecule has 6 heteroatoms. The number of anilines is 2. The smallest absolute Gasteiger partial charge is 0.298 e. The van der Waals surface area contributed by atoms with Crippen LogP contribution < -0.4 is 10.6 Å².